The summed E-state index contributed by atoms with van der Waals surface area (Å²) >= 11 is 0. The Bertz CT molecular complexity index is 219. The van der Waals surface area contributed by atoms with Crippen LogP contribution in [0.25, 0.3) is 0 Å². The molecule has 0 bridgehead atoms. The van der Waals surface area contributed by atoms with Crippen LogP contribution >= 0.6 is 0 Å². The molecule has 0 aliphatic carbocycles. The summed E-state index contributed by atoms with van der Waals surface area (Å²) < 4.78 is 6.41. The van der Waals surface area contributed by atoms with Crippen molar-refractivity contribution in [3.05, 3.63) is 5.82 Å². The van der Waals surface area contributed by atoms with Crippen molar-refractivity contribution in [1.82, 2.24) is 14.8 Å². The molecule has 0 aliphatic rings. The summed E-state index contributed by atoms with van der Waals surface area (Å²) in [5, 5.41) is 3.96. The van der Waals surface area contributed by atoms with E-state index in [2.05, 4.69) is 10.1 Å². The molecule has 5 nitrogen and oxygen atoms in total. The van der Waals surface area contributed by atoms with Crippen LogP contribution in [0.1, 0.15) is 5.82 Å². The molecule has 1 aromatic rings. The van der Waals surface area contributed by atoms with Gasteiger partial charge in [0, 0.05) is 7.05 Å². The minimum atomic E-state index is 0.344. The Hall–Kier alpha value is -1.10. The fraction of sp³-hybridized carbons (Fsp3) is 0.600. The second-order valence-electron chi connectivity index (χ2n) is 1.84. The molecule has 0 fully saturated rings. The molecule has 0 atom stereocenters. The number of rotatable bonds is 2. The molecule has 5 heteroatoms. The smallest absolute Gasteiger partial charge is 0.314 e. The standard InChI is InChI=1S/C5H10N4O/c1-9-5(10-2)7-4(3-6)8-9/h3,6H2,1-2H3. The molecular weight excluding hydrogens is 132 g/mol. The molecule has 10 heavy (non-hydrogen) atoms. The van der Waals surface area contributed by atoms with E-state index < -0.39 is 0 Å². The summed E-state index contributed by atoms with van der Waals surface area (Å²) in [7, 11) is 3.30. The third kappa shape index (κ3) is 1.08. The fourth-order valence-corrected chi connectivity index (χ4v) is 0.685. The van der Waals surface area contributed by atoms with Gasteiger partial charge in [-0.2, -0.15) is 10.1 Å². The Morgan fingerprint density at radius 1 is 1.70 bits per heavy atom. The lowest BCUT2D eigenvalue weighted by Crippen LogP contribution is -1.99. The van der Waals surface area contributed by atoms with Gasteiger partial charge in [-0.1, -0.05) is 0 Å². The van der Waals surface area contributed by atoms with E-state index in [1.807, 2.05) is 0 Å². The Labute approximate surface area is 58.8 Å². The maximum atomic E-state index is 5.29. The van der Waals surface area contributed by atoms with Crippen LogP contribution in [-0.2, 0) is 13.6 Å². The van der Waals surface area contributed by atoms with Crippen molar-refractivity contribution in [1.29, 1.82) is 0 Å². The monoisotopic (exact) mass is 142 g/mol. The second kappa shape index (κ2) is 2.66. The molecule has 0 radical (unpaired) electrons. The van der Waals surface area contributed by atoms with Crippen LogP contribution in [-0.4, -0.2) is 21.9 Å². The highest BCUT2D eigenvalue weighted by Gasteiger charge is 2.03. The molecule has 1 rings (SSSR count). The number of hydrogen-bond donors (Lipinski definition) is 1. The third-order valence-electron chi connectivity index (χ3n) is 1.13. The van der Waals surface area contributed by atoms with Gasteiger partial charge >= 0.3 is 6.01 Å². The number of methoxy groups -OCH3 is 1. The van der Waals surface area contributed by atoms with E-state index in [0.717, 1.165) is 0 Å². The van der Waals surface area contributed by atoms with Crippen LogP contribution < -0.4 is 10.5 Å². The van der Waals surface area contributed by atoms with Crippen molar-refractivity contribution in [2.45, 2.75) is 6.54 Å². The number of aryl methyl sites for hydroxylation is 1. The van der Waals surface area contributed by atoms with Crippen molar-refractivity contribution in [3.8, 4) is 6.01 Å². The zero-order valence-electron chi connectivity index (χ0n) is 6.03. The normalized spacial score (nSPS) is 9.90. The van der Waals surface area contributed by atoms with Crippen LogP contribution in [0, 0.1) is 0 Å². The van der Waals surface area contributed by atoms with Gasteiger partial charge in [0.15, 0.2) is 5.82 Å². The molecule has 0 amide bonds. The largest absolute Gasteiger partial charge is 0.467 e. The van der Waals surface area contributed by atoms with Gasteiger partial charge in [0.2, 0.25) is 0 Å². The van der Waals surface area contributed by atoms with Crippen molar-refractivity contribution >= 4 is 0 Å². The summed E-state index contributed by atoms with van der Waals surface area (Å²) in [6.07, 6.45) is 0. The molecule has 0 unspecified atom stereocenters. The second-order valence-corrected chi connectivity index (χ2v) is 1.84. The highest BCUT2D eigenvalue weighted by Crippen LogP contribution is 2.02. The SMILES string of the molecule is COc1nc(CN)nn1C. The summed E-state index contributed by atoms with van der Waals surface area (Å²) in [5.41, 5.74) is 5.29. The van der Waals surface area contributed by atoms with E-state index in [-0.39, 0.29) is 0 Å². The van der Waals surface area contributed by atoms with Crippen LogP contribution in [0.5, 0.6) is 6.01 Å². The lowest BCUT2D eigenvalue weighted by molar-refractivity contribution is 0.359. The molecule has 0 saturated heterocycles. The predicted molar refractivity (Wildman–Crippen MR) is 35.4 cm³/mol. The molecule has 0 saturated carbocycles. The summed E-state index contributed by atoms with van der Waals surface area (Å²) in [6, 6.07) is 0.487. The molecule has 0 aliphatic heterocycles. The average Bonchev–Trinajstić information content (AvgIpc) is 2.30. The minimum absolute atomic E-state index is 0.344. The van der Waals surface area contributed by atoms with E-state index in [1.165, 1.54) is 0 Å². The van der Waals surface area contributed by atoms with Gasteiger partial charge in [-0.15, -0.1) is 0 Å². The summed E-state index contributed by atoms with van der Waals surface area (Å²) in [5.74, 6) is 0.597. The van der Waals surface area contributed by atoms with E-state index in [9.17, 15) is 0 Å². The number of hydrogen-bond acceptors (Lipinski definition) is 4. The van der Waals surface area contributed by atoms with Gasteiger partial charge in [-0.3, -0.25) is 0 Å². The lowest BCUT2D eigenvalue weighted by atomic mass is 10.6. The fourth-order valence-electron chi connectivity index (χ4n) is 0.685. The molecule has 2 N–H and O–H groups in total. The summed E-state index contributed by atoms with van der Waals surface area (Å²) in [6.45, 7) is 0.344. The topological polar surface area (TPSA) is 66.0 Å². The first-order chi connectivity index (χ1) is 4.77. The van der Waals surface area contributed by atoms with E-state index >= 15 is 0 Å². The molecule has 56 valence electrons. The van der Waals surface area contributed by atoms with Crippen LogP contribution in [0.4, 0.5) is 0 Å². The molecule has 0 spiro atoms. The Morgan fingerprint density at radius 2 is 2.40 bits per heavy atom. The number of aromatic nitrogens is 3. The van der Waals surface area contributed by atoms with Gasteiger partial charge < -0.3 is 10.5 Å². The lowest BCUT2D eigenvalue weighted by Gasteiger charge is -1.92. The van der Waals surface area contributed by atoms with Crippen molar-refractivity contribution in [2.24, 2.45) is 12.8 Å². The van der Waals surface area contributed by atoms with Crippen molar-refractivity contribution in [3.63, 3.8) is 0 Å². The van der Waals surface area contributed by atoms with Crippen LogP contribution in [0.3, 0.4) is 0 Å². The van der Waals surface area contributed by atoms with E-state index in [0.29, 0.717) is 18.4 Å². The third-order valence-corrected chi connectivity index (χ3v) is 1.13. The van der Waals surface area contributed by atoms with Gasteiger partial charge in [0.1, 0.15) is 0 Å². The zero-order chi connectivity index (χ0) is 7.56. The van der Waals surface area contributed by atoms with Crippen LogP contribution in [0.2, 0.25) is 0 Å². The van der Waals surface area contributed by atoms with Crippen LogP contribution in [0.15, 0.2) is 0 Å². The first-order valence-corrected chi connectivity index (χ1v) is 2.92. The molecule has 1 aromatic heterocycles. The highest BCUT2D eigenvalue weighted by molar-refractivity contribution is 4.96. The number of ether oxygens (including phenoxy) is 1. The Balaban J connectivity index is 2.92. The van der Waals surface area contributed by atoms with Crippen molar-refractivity contribution in [2.75, 3.05) is 7.11 Å². The summed E-state index contributed by atoms with van der Waals surface area (Å²) in [4.78, 5) is 3.95. The first kappa shape index (κ1) is 7.01. The van der Waals surface area contributed by atoms with Gasteiger partial charge in [-0.05, 0) is 0 Å². The number of nitrogens with zero attached hydrogens (tertiary/aromatic N) is 3. The molecular formula is C5H10N4O. The highest BCUT2D eigenvalue weighted by atomic mass is 16.5. The maximum Gasteiger partial charge on any atom is 0.314 e. The number of nitrogens with two attached hydrogens (primary N) is 1. The Kier molecular flexibility index (Phi) is 1.86. The zero-order valence-corrected chi connectivity index (χ0v) is 6.03. The van der Waals surface area contributed by atoms with E-state index in [4.69, 9.17) is 10.5 Å². The van der Waals surface area contributed by atoms with E-state index in [1.54, 1.807) is 18.8 Å². The average molecular weight is 142 g/mol. The maximum absolute atomic E-state index is 5.29. The van der Waals surface area contributed by atoms with Gasteiger partial charge in [-0.25, -0.2) is 4.68 Å². The minimum Gasteiger partial charge on any atom is -0.467 e. The molecule has 0 aromatic carbocycles. The molecule has 1 heterocycles. The first-order valence-electron chi connectivity index (χ1n) is 2.92. The van der Waals surface area contributed by atoms with Crippen molar-refractivity contribution < 1.29 is 4.74 Å². The Morgan fingerprint density at radius 3 is 2.70 bits per heavy atom. The predicted octanol–water partition coefficient (Wildman–Crippen LogP) is -0.718. The quantitative estimate of drug-likeness (QED) is 0.592. The van der Waals surface area contributed by atoms with Gasteiger partial charge in [0.05, 0.1) is 13.7 Å². The van der Waals surface area contributed by atoms with Gasteiger partial charge in [0.25, 0.3) is 0 Å².